The van der Waals surface area contributed by atoms with E-state index in [2.05, 4.69) is 5.32 Å². The molecule has 1 unspecified atom stereocenters. The lowest BCUT2D eigenvalue weighted by molar-refractivity contribution is -0.147. The molecule has 2 rings (SSSR count). The van der Waals surface area contributed by atoms with Crippen molar-refractivity contribution in [1.82, 2.24) is 5.32 Å². The number of allylic oxidation sites excluding steroid dienone is 1. The molecule has 0 radical (unpaired) electrons. The standard InChI is InChI=1S/C16H24N2O4/c1-2-16(20)21-10-13-7-6-12(22-13)5-3-11-4-8-14(17)18-15(19)9-11/h4,8,11-13H,2-3,5-7,9-10H2,1H3,(H2,17,18,19)/t11?,12-,13-/m0/s1. The number of nitrogens with one attached hydrogen (secondary N) is 2. The molecule has 1 amide bonds. The summed E-state index contributed by atoms with van der Waals surface area (Å²) in [6.07, 6.45) is 8.18. The summed E-state index contributed by atoms with van der Waals surface area (Å²) in [5.74, 6) is 0.0200. The van der Waals surface area contributed by atoms with E-state index in [1.54, 1.807) is 13.0 Å². The largest absolute Gasteiger partial charge is 0.463 e. The minimum Gasteiger partial charge on any atom is -0.463 e. The number of amidine groups is 1. The van der Waals surface area contributed by atoms with Crippen LogP contribution >= 0.6 is 0 Å². The van der Waals surface area contributed by atoms with Crippen molar-refractivity contribution in [2.24, 2.45) is 5.92 Å². The fourth-order valence-corrected chi connectivity index (χ4v) is 2.78. The van der Waals surface area contributed by atoms with Crippen LogP contribution in [0.5, 0.6) is 0 Å². The summed E-state index contributed by atoms with van der Waals surface area (Å²) in [6.45, 7) is 2.11. The average molecular weight is 308 g/mol. The first-order valence-corrected chi connectivity index (χ1v) is 7.94. The van der Waals surface area contributed by atoms with Gasteiger partial charge in [0, 0.05) is 12.8 Å². The minimum absolute atomic E-state index is 0.00153. The first-order chi connectivity index (χ1) is 10.6. The second-order valence-corrected chi connectivity index (χ2v) is 5.86. The summed E-state index contributed by atoms with van der Waals surface area (Å²) in [5.41, 5.74) is 0. The molecule has 0 bridgehead atoms. The Bertz CT molecular complexity index is 461. The number of ether oxygens (including phenoxy) is 2. The van der Waals surface area contributed by atoms with Gasteiger partial charge in [-0.05, 0) is 37.7 Å². The molecule has 22 heavy (non-hydrogen) atoms. The molecule has 122 valence electrons. The Morgan fingerprint density at radius 2 is 2.18 bits per heavy atom. The molecule has 2 aliphatic rings. The van der Waals surface area contributed by atoms with Crippen LogP contribution < -0.4 is 5.32 Å². The van der Waals surface area contributed by atoms with E-state index in [1.807, 2.05) is 6.08 Å². The van der Waals surface area contributed by atoms with E-state index in [0.717, 1.165) is 25.7 Å². The highest BCUT2D eigenvalue weighted by atomic mass is 16.6. The van der Waals surface area contributed by atoms with Crippen LogP contribution in [0, 0.1) is 11.3 Å². The smallest absolute Gasteiger partial charge is 0.305 e. The van der Waals surface area contributed by atoms with E-state index in [9.17, 15) is 9.59 Å². The van der Waals surface area contributed by atoms with Crippen LogP contribution in [0.2, 0.25) is 0 Å². The van der Waals surface area contributed by atoms with E-state index in [1.165, 1.54) is 0 Å². The zero-order chi connectivity index (χ0) is 15.9. The van der Waals surface area contributed by atoms with Crippen molar-refractivity contribution in [3.05, 3.63) is 12.2 Å². The molecule has 0 aromatic heterocycles. The lowest BCUT2D eigenvalue weighted by Crippen LogP contribution is -2.27. The molecule has 2 N–H and O–H groups in total. The number of esters is 1. The summed E-state index contributed by atoms with van der Waals surface area (Å²) in [5, 5.41) is 10.0. The molecule has 0 spiro atoms. The van der Waals surface area contributed by atoms with Crippen LogP contribution in [0.15, 0.2) is 12.2 Å². The van der Waals surface area contributed by atoms with Gasteiger partial charge >= 0.3 is 5.97 Å². The molecule has 1 fully saturated rings. The monoisotopic (exact) mass is 308 g/mol. The maximum absolute atomic E-state index is 11.6. The van der Waals surface area contributed by atoms with Gasteiger partial charge in [0.25, 0.3) is 0 Å². The van der Waals surface area contributed by atoms with Gasteiger partial charge in [0.2, 0.25) is 5.91 Å². The minimum atomic E-state index is -0.191. The van der Waals surface area contributed by atoms with Gasteiger partial charge in [0.05, 0.1) is 12.2 Å². The molecule has 0 aliphatic carbocycles. The normalized spacial score (nSPS) is 28.3. The van der Waals surface area contributed by atoms with Gasteiger partial charge in [0.1, 0.15) is 12.4 Å². The third-order valence-electron chi connectivity index (χ3n) is 4.03. The number of hydrogen-bond acceptors (Lipinski definition) is 5. The molecule has 0 aromatic rings. The van der Waals surface area contributed by atoms with Crippen molar-refractivity contribution in [2.45, 2.75) is 57.7 Å². The van der Waals surface area contributed by atoms with E-state index in [-0.39, 0.29) is 35.8 Å². The van der Waals surface area contributed by atoms with E-state index >= 15 is 0 Å². The zero-order valence-electron chi connectivity index (χ0n) is 13.0. The number of amides is 1. The lowest BCUT2D eigenvalue weighted by atomic mass is 9.96. The van der Waals surface area contributed by atoms with Crippen molar-refractivity contribution in [2.75, 3.05) is 6.61 Å². The van der Waals surface area contributed by atoms with Crippen LogP contribution in [0.25, 0.3) is 0 Å². The first-order valence-electron chi connectivity index (χ1n) is 7.94. The molecule has 1 saturated heterocycles. The second-order valence-electron chi connectivity index (χ2n) is 5.86. The summed E-state index contributed by atoms with van der Waals surface area (Å²) >= 11 is 0. The highest BCUT2D eigenvalue weighted by molar-refractivity contribution is 6.03. The number of rotatable bonds is 6. The highest BCUT2D eigenvalue weighted by Gasteiger charge is 2.27. The zero-order valence-corrected chi connectivity index (χ0v) is 13.0. The van der Waals surface area contributed by atoms with Gasteiger partial charge in [-0.15, -0.1) is 0 Å². The Kier molecular flexibility index (Phi) is 6.12. The SMILES string of the molecule is CCC(=O)OC[C@@H]1CC[C@H](CCC2C=CC(=N)NC(=O)C2)O1. The molecule has 0 saturated carbocycles. The molecule has 3 atom stereocenters. The van der Waals surface area contributed by atoms with Gasteiger partial charge in [0.15, 0.2) is 0 Å². The summed E-state index contributed by atoms with van der Waals surface area (Å²) in [4.78, 5) is 22.7. The van der Waals surface area contributed by atoms with Crippen molar-refractivity contribution in [3.8, 4) is 0 Å². The predicted octanol–water partition coefficient (Wildman–Crippen LogP) is 1.94. The van der Waals surface area contributed by atoms with Gasteiger partial charge in [-0.1, -0.05) is 13.0 Å². The van der Waals surface area contributed by atoms with E-state index < -0.39 is 0 Å². The lowest BCUT2D eigenvalue weighted by Gasteiger charge is -2.16. The average Bonchev–Trinajstić information content (AvgIpc) is 2.88. The van der Waals surface area contributed by atoms with Crippen molar-refractivity contribution >= 4 is 17.7 Å². The Hall–Kier alpha value is -1.69. The fourth-order valence-electron chi connectivity index (χ4n) is 2.78. The maximum atomic E-state index is 11.6. The third-order valence-corrected chi connectivity index (χ3v) is 4.03. The molecular formula is C16H24N2O4. The van der Waals surface area contributed by atoms with Gasteiger partial charge in [-0.25, -0.2) is 0 Å². The third kappa shape index (κ3) is 5.26. The maximum Gasteiger partial charge on any atom is 0.305 e. The van der Waals surface area contributed by atoms with Crippen molar-refractivity contribution in [3.63, 3.8) is 0 Å². The summed E-state index contributed by atoms with van der Waals surface area (Å²) in [6, 6.07) is 0. The van der Waals surface area contributed by atoms with E-state index in [4.69, 9.17) is 14.9 Å². The summed E-state index contributed by atoms with van der Waals surface area (Å²) in [7, 11) is 0. The van der Waals surface area contributed by atoms with Crippen molar-refractivity contribution < 1.29 is 19.1 Å². The van der Waals surface area contributed by atoms with Crippen LogP contribution in [0.1, 0.15) is 45.4 Å². The Balaban J connectivity index is 1.69. The Morgan fingerprint density at radius 1 is 1.41 bits per heavy atom. The van der Waals surface area contributed by atoms with Crippen LogP contribution in [-0.2, 0) is 19.1 Å². The number of carbonyl (C=O) groups excluding carboxylic acids is 2. The topological polar surface area (TPSA) is 88.5 Å². The Morgan fingerprint density at radius 3 is 2.95 bits per heavy atom. The highest BCUT2D eigenvalue weighted by Crippen LogP contribution is 2.26. The predicted molar refractivity (Wildman–Crippen MR) is 81.5 cm³/mol. The van der Waals surface area contributed by atoms with Crippen molar-refractivity contribution in [1.29, 1.82) is 5.41 Å². The molecule has 2 heterocycles. The van der Waals surface area contributed by atoms with E-state index in [0.29, 0.717) is 19.4 Å². The quantitative estimate of drug-likeness (QED) is 0.734. The number of carbonyl (C=O) groups is 2. The van der Waals surface area contributed by atoms with Gasteiger partial charge < -0.3 is 14.8 Å². The Labute approximate surface area is 130 Å². The van der Waals surface area contributed by atoms with Gasteiger partial charge in [-0.2, -0.15) is 0 Å². The summed E-state index contributed by atoms with van der Waals surface area (Å²) < 4.78 is 11.0. The number of hydrogen-bond donors (Lipinski definition) is 2. The second kappa shape index (κ2) is 8.08. The molecule has 6 heteroatoms. The fraction of sp³-hybridized carbons (Fsp3) is 0.688. The van der Waals surface area contributed by atoms with Gasteiger partial charge in [-0.3, -0.25) is 15.0 Å². The van der Waals surface area contributed by atoms with Crippen LogP contribution in [0.4, 0.5) is 0 Å². The molecule has 2 aliphatic heterocycles. The van der Waals surface area contributed by atoms with Crippen LogP contribution in [-0.4, -0.2) is 36.5 Å². The van der Waals surface area contributed by atoms with Crippen LogP contribution in [0.3, 0.4) is 0 Å². The molecule has 0 aromatic carbocycles. The first kappa shape index (κ1) is 16.7. The molecular weight excluding hydrogens is 284 g/mol. The molecule has 6 nitrogen and oxygen atoms in total.